The van der Waals surface area contributed by atoms with Crippen LogP contribution >= 0.6 is 0 Å². The maximum Gasteiger partial charge on any atom is 0.282 e. The Balaban J connectivity index is 1.86. The highest BCUT2D eigenvalue weighted by molar-refractivity contribution is 7.92. The highest BCUT2D eigenvalue weighted by atomic mass is 32.2. The minimum absolute atomic E-state index is 0.0144. The minimum atomic E-state index is -4.13. The molecule has 0 radical (unpaired) electrons. The first-order chi connectivity index (χ1) is 14.4. The van der Waals surface area contributed by atoms with Crippen LogP contribution < -0.4 is 5.06 Å². The summed E-state index contributed by atoms with van der Waals surface area (Å²) in [5.41, 5.74) is 0.493. The molecule has 0 saturated carbocycles. The molecule has 4 rings (SSSR count). The van der Waals surface area contributed by atoms with Crippen LogP contribution in [0.5, 0.6) is 0 Å². The van der Waals surface area contributed by atoms with E-state index in [-0.39, 0.29) is 4.90 Å². The Hall–Kier alpha value is -3.23. The lowest BCUT2D eigenvalue weighted by atomic mass is 10.00. The summed E-state index contributed by atoms with van der Waals surface area (Å²) in [6.07, 6.45) is 0. The first-order valence-corrected chi connectivity index (χ1v) is 10.9. The van der Waals surface area contributed by atoms with Crippen LogP contribution in [0.1, 0.15) is 17.2 Å². The van der Waals surface area contributed by atoms with E-state index >= 15 is 0 Å². The van der Waals surface area contributed by atoms with Gasteiger partial charge in [0.15, 0.2) is 6.04 Å². The van der Waals surface area contributed by atoms with Crippen molar-refractivity contribution in [3.8, 4) is 0 Å². The normalized spacial score (nSPS) is 21.5. The van der Waals surface area contributed by atoms with E-state index in [0.717, 1.165) is 5.56 Å². The number of rotatable bonds is 5. The zero-order valence-electron chi connectivity index (χ0n) is 16.2. The molecule has 0 spiro atoms. The second kappa shape index (κ2) is 7.89. The molecule has 1 heterocycles. The van der Waals surface area contributed by atoms with Gasteiger partial charge in [-0.2, -0.15) is 0 Å². The molecule has 3 aromatic carbocycles. The van der Waals surface area contributed by atoms with Gasteiger partial charge in [-0.25, -0.2) is 18.3 Å². The van der Waals surface area contributed by atoms with Crippen LogP contribution in [0.2, 0.25) is 0 Å². The Kier molecular flexibility index (Phi) is 5.27. The summed E-state index contributed by atoms with van der Waals surface area (Å²) in [5, 5.41) is 13.5. The minimum Gasteiger partial charge on any atom is -0.264 e. The Labute approximate surface area is 174 Å². The molecule has 3 atom stereocenters. The van der Waals surface area contributed by atoms with Crippen molar-refractivity contribution in [2.75, 3.05) is 5.06 Å². The van der Waals surface area contributed by atoms with Crippen LogP contribution in [0.3, 0.4) is 0 Å². The van der Waals surface area contributed by atoms with Gasteiger partial charge < -0.3 is 0 Å². The summed E-state index contributed by atoms with van der Waals surface area (Å²) in [6.45, 7) is 1.92. The third kappa shape index (κ3) is 3.55. The van der Waals surface area contributed by atoms with Crippen molar-refractivity contribution in [2.24, 2.45) is 0 Å². The van der Waals surface area contributed by atoms with Crippen LogP contribution in [0.25, 0.3) is 0 Å². The lowest BCUT2D eigenvalue weighted by molar-refractivity contribution is -0.525. The van der Waals surface area contributed by atoms with E-state index < -0.39 is 32.3 Å². The van der Waals surface area contributed by atoms with Crippen molar-refractivity contribution in [2.45, 2.75) is 29.3 Å². The van der Waals surface area contributed by atoms with Gasteiger partial charge in [-0.3, -0.25) is 10.1 Å². The fourth-order valence-electron chi connectivity index (χ4n) is 3.62. The average Bonchev–Trinajstić information content (AvgIpc) is 3.17. The molecule has 1 fully saturated rings. The molecule has 0 N–H and O–H groups in total. The summed E-state index contributed by atoms with van der Waals surface area (Å²) in [6, 6.07) is 21.3. The Bertz CT molecular complexity index is 1140. The Morgan fingerprint density at radius 3 is 2.03 bits per heavy atom. The van der Waals surface area contributed by atoms with E-state index in [2.05, 4.69) is 0 Å². The molecule has 0 aromatic heterocycles. The maximum absolute atomic E-state index is 13.3. The van der Waals surface area contributed by atoms with Gasteiger partial charge in [0.05, 0.1) is 10.6 Å². The molecule has 154 valence electrons. The van der Waals surface area contributed by atoms with Crippen LogP contribution in [-0.2, 0) is 14.7 Å². The monoisotopic (exact) mass is 424 g/mol. The molecule has 1 aliphatic rings. The molecule has 8 heteroatoms. The van der Waals surface area contributed by atoms with Crippen molar-refractivity contribution >= 4 is 15.5 Å². The molecule has 3 aromatic rings. The van der Waals surface area contributed by atoms with E-state index in [1.807, 2.05) is 19.1 Å². The highest BCUT2D eigenvalue weighted by Gasteiger charge is 2.58. The second-order valence-electron chi connectivity index (χ2n) is 7.12. The van der Waals surface area contributed by atoms with E-state index in [9.17, 15) is 18.5 Å². The van der Waals surface area contributed by atoms with Crippen LogP contribution in [0.4, 0.5) is 5.69 Å². The van der Waals surface area contributed by atoms with Crippen molar-refractivity contribution in [3.63, 3.8) is 0 Å². The van der Waals surface area contributed by atoms with Crippen LogP contribution in [0, 0.1) is 17.0 Å². The van der Waals surface area contributed by atoms with Gasteiger partial charge in [-0.15, -0.1) is 0 Å². The predicted molar refractivity (Wildman–Crippen MR) is 112 cm³/mol. The van der Waals surface area contributed by atoms with Crippen LogP contribution in [-0.4, -0.2) is 24.8 Å². The molecular formula is C22H20N2O5S. The zero-order valence-corrected chi connectivity index (χ0v) is 17.0. The summed E-state index contributed by atoms with van der Waals surface area (Å²) in [5.74, 6) is 0. The molecule has 30 heavy (non-hydrogen) atoms. The number of aryl methyl sites for hydroxylation is 1. The number of hydroxylamine groups is 1. The van der Waals surface area contributed by atoms with Crippen molar-refractivity contribution in [3.05, 3.63) is 106 Å². The Morgan fingerprint density at radius 2 is 1.47 bits per heavy atom. The number of hydrogen-bond acceptors (Lipinski definition) is 6. The number of nitrogens with zero attached hydrogens (tertiary/aromatic N) is 2. The summed E-state index contributed by atoms with van der Waals surface area (Å²) in [7, 11) is -4.13. The summed E-state index contributed by atoms with van der Waals surface area (Å²) >= 11 is 0. The van der Waals surface area contributed by atoms with Crippen LogP contribution in [0.15, 0.2) is 89.8 Å². The third-order valence-corrected chi connectivity index (χ3v) is 7.03. The largest absolute Gasteiger partial charge is 0.282 e. The van der Waals surface area contributed by atoms with Gasteiger partial charge in [-0.05, 0) is 36.8 Å². The fraction of sp³-hybridized carbons (Fsp3) is 0.182. The molecule has 1 aliphatic heterocycles. The lowest BCUT2D eigenvalue weighted by Gasteiger charge is -2.24. The van der Waals surface area contributed by atoms with Gasteiger partial charge in [0.25, 0.3) is 11.5 Å². The Morgan fingerprint density at radius 1 is 0.900 bits per heavy atom. The molecule has 0 unspecified atom stereocenters. The number of anilines is 1. The zero-order chi connectivity index (χ0) is 21.3. The predicted octanol–water partition coefficient (Wildman–Crippen LogP) is 3.93. The summed E-state index contributed by atoms with van der Waals surface area (Å²) in [4.78, 5) is 17.4. The van der Waals surface area contributed by atoms with Gasteiger partial charge >= 0.3 is 0 Å². The number of benzene rings is 3. The lowest BCUT2D eigenvalue weighted by Crippen LogP contribution is -2.39. The molecular weight excluding hydrogens is 404 g/mol. The molecule has 0 amide bonds. The van der Waals surface area contributed by atoms with Crippen molar-refractivity contribution in [1.82, 2.24) is 0 Å². The van der Waals surface area contributed by atoms with Gasteiger partial charge in [-0.1, -0.05) is 66.2 Å². The van der Waals surface area contributed by atoms with Crippen molar-refractivity contribution in [1.29, 1.82) is 0 Å². The van der Waals surface area contributed by atoms with Gasteiger partial charge in [0, 0.05) is 4.92 Å². The molecule has 0 aliphatic carbocycles. The molecule has 0 bridgehead atoms. The van der Waals surface area contributed by atoms with Gasteiger partial charge in [0.1, 0.15) is 0 Å². The summed E-state index contributed by atoms with van der Waals surface area (Å²) < 4.78 is 26.6. The number of nitro groups is 1. The first-order valence-electron chi connectivity index (χ1n) is 9.39. The van der Waals surface area contributed by atoms with E-state index in [4.69, 9.17) is 4.84 Å². The van der Waals surface area contributed by atoms with E-state index in [1.54, 1.807) is 60.7 Å². The molecule has 7 nitrogen and oxygen atoms in total. The first kappa shape index (κ1) is 20.1. The third-order valence-electron chi connectivity index (χ3n) is 5.12. The fourth-order valence-corrected chi connectivity index (χ4v) is 5.25. The second-order valence-corrected chi connectivity index (χ2v) is 9.15. The quantitative estimate of drug-likeness (QED) is 0.455. The smallest absolute Gasteiger partial charge is 0.264 e. The topological polar surface area (TPSA) is 89.8 Å². The standard InChI is InChI=1S/C22H20N2O5S/c1-16-12-14-18(15-13-16)23-20(17-8-4-2-5-9-17)21(24(25)26)22(29-23)30(27,28)19-10-6-3-7-11-19/h2-15,20-22H,1H3/t20-,21-,22+/m0/s1. The number of hydrogen-bond donors (Lipinski definition) is 0. The SMILES string of the molecule is Cc1ccc(N2O[C@H](S(=O)(=O)c3ccccc3)[C@@H]([N+](=O)[O-])[C@@H]2c2ccccc2)cc1. The van der Waals surface area contributed by atoms with Crippen molar-refractivity contribution < 1.29 is 18.2 Å². The van der Waals surface area contributed by atoms with Gasteiger partial charge in [0.2, 0.25) is 9.84 Å². The molecule has 1 saturated heterocycles. The number of sulfone groups is 1. The van der Waals surface area contributed by atoms with E-state index in [0.29, 0.717) is 11.3 Å². The highest BCUT2D eigenvalue weighted by Crippen LogP contribution is 2.42. The maximum atomic E-state index is 13.3. The average molecular weight is 424 g/mol. The van der Waals surface area contributed by atoms with E-state index in [1.165, 1.54) is 17.2 Å².